The second-order valence-electron chi connectivity index (χ2n) is 4.91. The number of carbonyl (C=O) groups excluding carboxylic acids is 1. The molecular weight excluding hydrogens is 232 g/mol. The van der Waals surface area contributed by atoms with E-state index in [4.69, 9.17) is 4.74 Å². The Hall–Kier alpha value is -0.670. The molecule has 0 bridgehead atoms. The number of carbonyl (C=O) groups is 1. The topological polar surface area (TPSA) is 26.3 Å². The summed E-state index contributed by atoms with van der Waals surface area (Å²) in [4.78, 5) is 14.6. The lowest BCUT2D eigenvalue weighted by Crippen LogP contribution is -2.26. The van der Waals surface area contributed by atoms with Crippen molar-refractivity contribution in [2.45, 2.75) is 46.3 Å². The number of Topliss-reactive ketones (excluding diaryl/α,β-unsaturated/α-hetero) is 1. The van der Waals surface area contributed by atoms with Crippen LogP contribution < -0.4 is 0 Å². The monoisotopic (exact) mass is 252 g/mol. The van der Waals surface area contributed by atoms with E-state index in [0.717, 1.165) is 11.3 Å². The molecule has 3 heteroatoms. The first kappa shape index (κ1) is 12.8. The predicted molar refractivity (Wildman–Crippen MR) is 70.7 cm³/mol. The van der Waals surface area contributed by atoms with Gasteiger partial charge in [0, 0.05) is 4.88 Å². The van der Waals surface area contributed by atoms with Crippen LogP contribution in [-0.4, -0.2) is 18.0 Å². The van der Waals surface area contributed by atoms with Gasteiger partial charge >= 0.3 is 0 Å². The van der Waals surface area contributed by atoms with Crippen LogP contribution in [0.5, 0.6) is 0 Å². The molecule has 0 saturated carbocycles. The van der Waals surface area contributed by atoms with Crippen molar-refractivity contribution in [3.8, 4) is 0 Å². The third-order valence-electron chi connectivity index (χ3n) is 3.80. The van der Waals surface area contributed by atoms with Crippen molar-refractivity contribution >= 4 is 17.1 Å². The summed E-state index contributed by atoms with van der Waals surface area (Å²) in [6, 6.07) is 4.03. The van der Waals surface area contributed by atoms with Crippen LogP contribution in [0.3, 0.4) is 0 Å². The normalized spacial score (nSPS) is 32.9. The maximum atomic E-state index is 12.5. The molecule has 0 aromatic carbocycles. The third-order valence-corrected chi connectivity index (χ3v) is 5.04. The Morgan fingerprint density at radius 2 is 2.00 bits per heavy atom. The Kier molecular flexibility index (Phi) is 3.69. The number of ether oxygens (including phenoxy) is 1. The molecule has 1 fully saturated rings. The van der Waals surface area contributed by atoms with Crippen LogP contribution in [0, 0.1) is 11.8 Å². The van der Waals surface area contributed by atoms with Crippen molar-refractivity contribution in [1.29, 1.82) is 0 Å². The lowest BCUT2D eigenvalue weighted by molar-refractivity contribution is 0.0492. The van der Waals surface area contributed by atoms with Crippen molar-refractivity contribution in [3.05, 3.63) is 21.9 Å². The molecule has 0 amide bonds. The van der Waals surface area contributed by atoms with Crippen LogP contribution in [0.15, 0.2) is 12.1 Å². The number of hydrogen-bond acceptors (Lipinski definition) is 3. The number of rotatable bonds is 3. The summed E-state index contributed by atoms with van der Waals surface area (Å²) in [6.07, 6.45) is 1.23. The second-order valence-corrected chi connectivity index (χ2v) is 6.08. The molecule has 4 atom stereocenters. The smallest absolute Gasteiger partial charge is 0.178 e. The van der Waals surface area contributed by atoms with Gasteiger partial charge in [0.25, 0.3) is 0 Å². The minimum absolute atomic E-state index is 0.0216. The Morgan fingerprint density at radius 1 is 1.29 bits per heavy atom. The molecule has 1 aromatic rings. The zero-order valence-electron chi connectivity index (χ0n) is 10.9. The van der Waals surface area contributed by atoms with E-state index < -0.39 is 0 Å². The van der Waals surface area contributed by atoms with Gasteiger partial charge in [-0.05, 0) is 38.3 Å². The average Bonchev–Trinajstić information content (AvgIpc) is 2.85. The standard InChI is InChI=1S/C14H20O2S/c1-5-11-6-7-12(17-11)14(15)13-8(2)9(3)16-10(13)4/h6-10,13H,5H2,1-4H3. The van der Waals surface area contributed by atoms with Crippen LogP contribution in [0.1, 0.15) is 42.2 Å². The minimum Gasteiger partial charge on any atom is -0.374 e. The van der Waals surface area contributed by atoms with Gasteiger partial charge in [-0.3, -0.25) is 4.79 Å². The van der Waals surface area contributed by atoms with Crippen molar-refractivity contribution in [3.63, 3.8) is 0 Å². The molecule has 94 valence electrons. The van der Waals surface area contributed by atoms with Crippen molar-refractivity contribution < 1.29 is 9.53 Å². The van der Waals surface area contributed by atoms with Gasteiger partial charge in [0.15, 0.2) is 5.78 Å². The third kappa shape index (κ3) is 2.31. The van der Waals surface area contributed by atoms with Crippen LogP contribution in [0.4, 0.5) is 0 Å². The van der Waals surface area contributed by atoms with E-state index in [1.54, 1.807) is 11.3 Å². The van der Waals surface area contributed by atoms with Gasteiger partial charge < -0.3 is 4.74 Å². The molecule has 0 radical (unpaired) electrons. The Labute approximate surface area is 107 Å². The molecule has 2 heterocycles. The van der Waals surface area contributed by atoms with E-state index in [0.29, 0.717) is 5.92 Å². The van der Waals surface area contributed by atoms with E-state index in [-0.39, 0.29) is 23.9 Å². The van der Waals surface area contributed by atoms with Crippen LogP contribution in [-0.2, 0) is 11.2 Å². The first-order chi connectivity index (χ1) is 8.04. The Morgan fingerprint density at radius 3 is 2.47 bits per heavy atom. The average molecular weight is 252 g/mol. The molecule has 1 aliphatic heterocycles. The molecule has 2 nitrogen and oxygen atoms in total. The molecule has 4 unspecified atom stereocenters. The molecule has 0 N–H and O–H groups in total. The second kappa shape index (κ2) is 4.91. The molecule has 1 aromatic heterocycles. The van der Waals surface area contributed by atoms with E-state index in [1.807, 2.05) is 13.0 Å². The van der Waals surface area contributed by atoms with Crippen molar-refractivity contribution in [2.75, 3.05) is 0 Å². The molecule has 17 heavy (non-hydrogen) atoms. The van der Waals surface area contributed by atoms with Crippen LogP contribution in [0.2, 0.25) is 0 Å². The summed E-state index contributed by atoms with van der Waals surface area (Å²) in [5.74, 6) is 0.595. The molecule has 1 aliphatic rings. The predicted octanol–water partition coefficient (Wildman–Crippen LogP) is 3.55. The van der Waals surface area contributed by atoms with Gasteiger partial charge in [-0.1, -0.05) is 13.8 Å². The summed E-state index contributed by atoms with van der Waals surface area (Å²) in [5.41, 5.74) is 0. The number of aryl methyl sites for hydroxylation is 1. The van der Waals surface area contributed by atoms with Gasteiger partial charge in [-0.2, -0.15) is 0 Å². The zero-order chi connectivity index (χ0) is 12.6. The van der Waals surface area contributed by atoms with Crippen molar-refractivity contribution in [2.24, 2.45) is 11.8 Å². The summed E-state index contributed by atoms with van der Waals surface area (Å²) < 4.78 is 5.75. The Balaban J connectivity index is 2.19. The summed E-state index contributed by atoms with van der Waals surface area (Å²) in [7, 11) is 0. The molecule has 2 rings (SSSR count). The van der Waals surface area contributed by atoms with Gasteiger partial charge in [0.1, 0.15) is 0 Å². The molecule has 0 aliphatic carbocycles. The van der Waals surface area contributed by atoms with E-state index in [1.165, 1.54) is 4.88 Å². The first-order valence-corrected chi connectivity index (χ1v) is 7.14. The SMILES string of the molecule is CCc1ccc(C(=O)C2C(C)OC(C)C2C)s1. The summed E-state index contributed by atoms with van der Waals surface area (Å²) in [6.45, 7) is 8.30. The van der Waals surface area contributed by atoms with Gasteiger partial charge in [0.05, 0.1) is 23.0 Å². The highest BCUT2D eigenvalue weighted by molar-refractivity contribution is 7.14. The van der Waals surface area contributed by atoms with Gasteiger partial charge in [-0.25, -0.2) is 0 Å². The summed E-state index contributed by atoms with van der Waals surface area (Å²) >= 11 is 1.63. The van der Waals surface area contributed by atoms with E-state index >= 15 is 0 Å². The molecule has 1 saturated heterocycles. The minimum atomic E-state index is 0.0216. The largest absolute Gasteiger partial charge is 0.374 e. The fourth-order valence-corrected chi connectivity index (χ4v) is 3.52. The lowest BCUT2D eigenvalue weighted by atomic mass is 9.85. The number of thiophene rings is 1. The maximum absolute atomic E-state index is 12.5. The van der Waals surface area contributed by atoms with Crippen LogP contribution in [0.25, 0.3) is 0 Å². The number of ketones is 1. The van der Waals surface area contributed by atoms with Crippen LogP contribution >= 0.6 is 11.3 Å². The highest BCUT2D eigenvalue weighted by Crippen LogP contribution is 2.35. The molecule has 0 spiro atoms. The van der Waals surface area contributed by atoms with Crippen molar-refractivity contribution in [1.82, 2.24) is 0 Å². The lowest BCUT2D eigenvalue weighted by Gasteiger charge is -2.15. The number of hydrogen-bond donors (Lipinski definition) is 0. The van der Waals surface area contributed by atoms with Gasteiger partial charge in [0.2, 0.25) is 0 Å². The highest BCUT2D eigenvalue weighted by Gasteiger charge is 2.41. The zero-order valence-corrected chi connectivity index (χ0v) is 11.7. The quantitative estimate of drug-likeness (QED) is 0.769. The fraction of sp³-hybridized carbons (Fsp3) is 0.643. The highest BCUT2D eigenvalue weighted by atomic mass is 32.1. The maximum Gasteiger partial charge on any atom is 0.178 e. The molecular formula is C14H20O2S. The van der Waals surface area contributed by atoms with E-state index in [2.05, 4.69) is 26.8 Å². The fourth-order valence-electron chi connectivity index (χ4n) is 2.58. The van der Waals surface area contributed by atoms with Gasteiger partial charge in [-0.15, -0.1) is 11.3 Å². The Bertz CT molecular complexity index is 410. The van der Waals surface area contributed by atoms with E-state index in [9.17, 15) is 4.79 Å². The summed E-state index contributed by atoms with van der Waals surface area (Å²) in [5, 5.41) is 0. The first-order valence-electron chi connectivity index (χ1n) is 6.33.